The zero-order valence-electron chi connectivity index (χ0n) is 36.7. The van der Waals surface area contributed by atoms with Crippen LogP contribution in [-0.2, 0) is 52.4 Å². The van der Waals surface area contributed by atoms with Crippen molar-refractivity contribution < 1.29 is 57.5 Å². The minimum absolute atomic E-state index is 0.0173. The van der Waals surface area contributed by atoms with E-state index in [2.05, 4.69) is 19.6 Å². The number of ether oxygens (including phenoxy) is 6. The number of piperidine rings is 1. The van der Waals surface area contributed by atoms with Gasteiger partial charge in [-0.1, -0.05) is 50.6 Å². The molecule has 1 aliphatic carbocycles. The molecule has 59 heavy (non-hydrogen) atoms. The number of aliphatic hydroxyl groups is 1. The summed E-state index contributed by atoms with van der Waals surface area (Å²) in [5.41, 5.74) is 1.74. The van der Waals surface area contributed by atoms with Gasteiger partial charge in [-0.15, -0.1) is 6.58 Å². The molecule has 3 heterocycles. The standard InChI is InChI=1S/C46H69NO12/c1-11-14-34-22-27(2)21-28(3)23-39(55-9)42-40(56-10)25-31(6)46(53,59-42)43(50)44(51)47-20-13-12-15-35(47)45(52)58-41(29(4)16-18-36(34)49)30(5)24-33-17-19-37(57-32(7)48)38(26-33)54-8/h11,16,18,22,24,28-29,31,33-35,37-42,53H,1,12-15,17,19-21,23,25-26H2,2-10H3/b18-16+,27-22+,30-24?. The van der Waals surface area contributed by atoms with E-state index in [4.69, 9.17) is 28.4 Å². The van der Waals surface area contributed by atoms with E-state index in [0.717, 1.165) is 11.1 Å². The van der Waals surface area contributed by atoms with Crippen LogP contribution < -0.4 is 0 Å². The van der Waals surface area contributed by atoms with Crippen molar-refractivity contribution in [2.45, 2.75) is 154 Å². The number of cyclic esters (lactones) is 1. The third-order valence-corrected chi connectivity index (χ3v) is 12.7. The van der Waals surface area contributed by atoms with Crippen molar-refractivity contribution in [1.82, 2.24) is 4.90 Å². The number of hydrogen-bond donors (Lipinski definition) is 1. The molecule has 1 saturated carbocycles. The second-order valence-corrected chi connectivity index (χ2v) is 17.4. The second-order valence-electron chi connectivity index (χ2n) is 17.4. The predicted octanol–water partition coefficient (Wildman–Crippen LogP) is 6.02. The highest BCUT2D eigenvalue weighted by Crippen LogP contribution is 2.39. The average molecular weight is 828 g/mol. The maximum Gasteiger partial charge on any atom is 0.329 e. The molecule has 2 saturated heterocycles. The Balaban J connectivity index is 1.76. The quantitative estimate of drug-likeness (QED) is 0.172. The number of amides is 1. The first-order valence-electron chi connectivity index (χ1n) is 21.4. The molecule has 3 fully saturated rings. The number of allylic oxidation sites excluding steroid dienone is 5. The van der Waals surface area contributed by atoms with Gasteiger partial charge in [0, 0.05) is 52.6 Å². The van der Waals surface area contributed by atoms with Crippen LogP contribution in [0, 0.1) is 29.6 Å². The Kier molecular flexibility index (Phi) is 17.8. The molecule has 13 nitrogen and oxygen atoms in total. The molecule has 0 aromatic carbocycles. The number of carbonyl (C=O) groups excluding carboxylic acids is 5. The molecule has 0 radical (unpaired) electrons. The molecule has 3 aliphatic heterocycles. The van der Waals surface area contributed by atoms with Gasteiger partial charge >= 0.3 is 11.9 Å². The van der Waals surface area contributed by atoms with Crippen LogP contribution in [0.25, 0.3) is 0 Å². The van der Waals surface area contributed by atoms with Crippen LogP contribution in [0.15, 0.2) is 48.1 Å². The van der Waals surface area contributed by atoms with Crippen LogP contribution in [-0.4, -0.2) is 116 Å². The Hall–Kier alpha value is -3.49. The predicted molar refractivity (Wildman–Crippen MR) is 221 cm³/mol. The number of ketones is 2. The van der Waals surface area contributed by atoms with E-state index in [1.165, 1.54) is 26.0 Å². The molecule has 0 spiro atoms. The number of Topliss-reactive ketones (excluding diaryl/α,β-unsaturated/α-hetero) is 1. The van der Waals surface area contributed by atoms with E-state index in [1.54, 1.807) is 32.3 Å². The second kappa shape index (κ2) is 21.9. The lowest BCUT2D eigenvalue weighted by atomic mass is 9.82. The molecule has 13 unspecified atom stereocenters. The fourth-order valence-electron chi connectivity index (χ4n) is 9.46. The van der Waals surface area contributed by atoms with Gasteiger partial charge in [0.15, 0.2) is 5.78 Å². The molecule has 13 atom stereocenters. The Bertz CT molecular complexity index is 1600. The van der Waals surface area contributed by atoms with Gasteiger partial charge in [-0.2, -0.15) is 0 Å². The van der Waals surface area contributed by atoms with Gasteiger partial charge < -0.3 is 38.4 Å². The van der Waals surface area contributed by atoms with Crippen LogP contribution in [0.2, 0.25) is 0 Å². The third kappa shape index (κ3) is 12.1. The zero-order valence-corrected chi connectivity index (χ0v) is 36.7. The molecule has 330 valence electrons. The smallest absolute Gasteiger partial charge is 0.329 e. The number of hydrogen-bond acceptors (Lipinski definition) is 12. The highest BCUT2D eigenvalue weighted by Gasteiger charge is 2.56. The molecular weight excluding hydrogens is 759 g/mol. The van der Waals surface area contributed by atoms with Crippen molar-refractivity contribution in [1.29, 1.82) is 0 Å². The fourth-order valence-corrected chi connectivity index (χ4v) is 9.46. The SMILES string of the molecule is C=CCC1/C=C(\C)CC(C)CC(OC)C2OC(O)(C(=O)C(=O)N3CCCCC3C(=O)OC(C(C)=CC3CCC(OC(C)=O)C(OC)C3)C(C)/C=C/C1=O)C(C)CC2OC. The van der Waals surface area contributed by atoms with Crippen molar-refractivity contribution in [2.75, 3.05) is 27.9 Å². The summed E-state index contributed by atoms with van der Waals surface area (Å²) in [6.07, 6.45) is 10.6. The molecule has 0 aromatic rings. The molecule has 4 aliphatic rings. The van der Waals surface area contributed by atoms with E-state index < -0.39 is 71.7 Å². The maximum absolute atomic E-state index is 14.3. The molecule has 4 rings (SSSR count). The lowest BCUT2D eigenvalue weighted by molar-refractivity contribution is -0.302. The van der Waals surface area contributed by atoms with Crippen LogP contribution >= 0.6 is 0 Å². The van der Waals surface area contributed by atoms with Gasteiger partial charge in [0.25, 0.3) is 11.7 Å². The van der Waals surface area contributed by atoms with Gasteiger partial charge in [-0.05, 0) is 102 Å². The largest absolute Gasteiger partial charge is 0.460 e. The van der Waals surface area contributed by atoms with Gasteiger partial charge in [-0.25, -0.2) is 4.79 Å². The lowest BCUT2D eigenvalue weighted by Gasteiger charge is -2.47. The van der Waals surface area contributed by atoms with Crippen molar-refractivity contribution in [3.63, 3.8) is 0 Å². The maximum atomic E-state index is 14.3. The lowest BCUT2D eigenvalue weighted by Crippen LogP contribution is -2.64. The molecule has 2 bridgehead atoms. The summed E-state index contributed by atoms with van der Waals surface area (Å²) in [6, 6.07) is -1.10. The minimum Gasteiger partial charge on any atom is -0.460 e. The first kappa shape index (κ1) is 48.2. The van der Waals surface area contributed by atoms with Gasteiger partial charge in [0.1, 0.15) is 24.4 Å². The van der Waals surface area contributed by atoms with Crippen molar-refractivity contribution in [3.05, 3.63) is 48.1 Å². The highest BCUT2D eigenvalue weighted by atomic mass is 16.7. The Morgan fingerprint density at radius 3 is 2.27 bits per heavy atom. The summed E-state index contributed by atoms with van der Waals surface area (Å²) < 4.78 is 35.6. The summed E-state index contributed by atoms with van der Waals surface area (Å²) in [5, 5.41) is 12.1. The average Bonchev–Trinajstić information content (AvgIpc) is 3.20. The highest BCUT2D eigenvalue weighted by molar-refractivity contribution is 6.39. The Labute approximate surface area is 350 Å². The van der Waals surface area contributed by atoms with E-state index in [0.29, 0.717) is 51.4 Å². The summed E-state index contributed by atoms with van der Waals surface area (Å²) in [4.78, 5) is 69.6. The van der Waals surface area contributed by atoms with E-state index in [1.807, 2.05) is 26.8 Å². The first-order chi connectivity index (χ1) is 28.0. The number of fused-ring (bicyclic) bond motifs is 3. The van der Waals surface area contributed by atoms with Crippen molar-refractivity contribution >= 4 is 29.4 Å². The summed E-state index contributed by atoms with van der Waals surface area (Å²) in [7, 11) is 4.66. The van der Waals surface area contributed by atoms with E-state index >= 15 is 0 Å². The summed E-state index contributed by atoms with van der Waals surface area (Å²) in [5.74, 6) is -7.52. The van der Waals surface area contributed by atoms with Gasteiger partial charge in [0.05, 0.1) is 18.3 Å². The monoisotopic (exact) mass is 827 g/mol. The normalized spacial score (nSPS) is 38.8. The van der Waals surface area contributed by atoms with Gasteiger partial charge in [-0.3, -0.25) is 19.2 Å². The summed E-state index contributed by atoms with van der Waals surface area (Å²) >= 11 is 0. The van der Waals surface area contributed by atoms with Gasteiger partial charge in [0.2, 0.25) is 5.79 Å². The molecule has 13 heteroatoms. The molecule has 0 aromatic heterocycles. The number of nitrogens with zero attached hydrogens (tertiary/aromatic N) is 1. The zero-order chi connectivity index (χ0) is 43.6. The van der Waals surface area contributed by atoms with Crippen LogP contribution in [0.5, 0.6) is 0 Å². The van der Waals surface area contributed by atoms with Crippen LogP contribution in [0.1, 0.15) is 106 Å². The number of rotatable bonds is 8. The fraction of sp³-hybridized carbons (Fsp3) is 0.717. The number of esters is 2. The minimum atomic E-state index is -2.49. The number of carbonyl (C=O) groups is 5. The Morgan fingerprint density at radius 2 is 1.63 bits per heavy atom. The number of methoxy groups -OCH3 is 3. The summed E-state index contributed by atoms with van der Waals surface area (Å²) in [6.45, 7) is 14.8. The van der Waals surface area contributed by atoms with Crippen LogP contribution in [0.3, 0.4) is 0 Å². The van der Waals surface area contributed by atoms with E-state index in [-0.39, 0.29) is 55.2 Å². The van der Waals surface area contributed by atoms with Crippen molar-refractivity contribution in [3.8, 4) is 0 Å². The third-order valence-electron chi connectivity index (χ3n) is 12.7. The molecular formula is C46H69NO12. The molecule has 1 amide bonds. The first-order valence-corrected chi connectivity index (χ1v) is 21.4. The Morgan fingerprint density at radius 1 is 0.949 bits per heavy atom. The topological polar surface area (TPSA) is 164 Å². The van der Waals surface area contributed by atoms with E-state index in [9.17, 15) is 29.1 Å². The van der Waals surface area contributed by atoms with Crippen LogP contribution in [0.4, 0.5) is 0 Å². The van der Waals surface area contributed by atoms with Crippen molar-refractivity contribution in [2.24, 2.45) is 29.6 Å². The molecule has 1 N–H and O–H groups in total.